The highest BCUT2D eigenvalue weighted by molar-refractivity contribution is 5.86. The number of anilines is 1. The second kappa shape index (κ2) is 6.36. The molecule has 0 spiro atoms. The molecule has 1 aromatic rings. The summed E-state index contributed by atoms with van der Waals surface area (Å²) in [6.45, 7) is 1.15. The van der Waals surface area contributed by atoms with E-state index in [1.807, 2.05) is 5.32 Å². The zero-order valence-corrected chi connectivity index (χ0v) is 10.2. The standard InChI is InChI=1S/C12H10F5NO2/c1-2-5(12(19)20)3-4-18-11-9(16)7(14)6(13)8(15)10(11)17/h3,18H,2,4H2,1H3,(H,19,20). The third-order valence-electron chi connectivity index (χ3n) is 2.49. The zero-order chi connectivity index (χ0) is 15.4. The Morgan fingerprint density at radius 1 is 1.05 bits per heavy atom. The molecule has 0 bridgehead atoms. The number of rotatable bonds is 5. The third kappa shape index (κ3) is 3.06. The fourth-order valence-electron chi connectivity index (χ4n) is 1.42. The Morgan fingerprint density at radius 2 is 1.50 bits per heavy atom. The first-order valence-electron chi connectivity index (χ1n) is 5.48. The SMILES string of the molecule is CCC(=CCNc1c(F)c(F)c(F)c(F)c1F)C(=O)O. The van der Waals surface area contributed by atoms with E-state index in [2.05, 4.69) is 0 Å². The number of hydrogen-bond acceptors (Lipinski definition) is 2. The smallest absolute Gasteiger partial charge is 0.331 e. The number of carboxylic acid groups (broad SMARTS) is 1. The first kappa shape index (κ1) is 15.9. The molecule has 0 heterocycles. The Bertz CT molecular complexity index is 542. The van der Waals surface area contributed by atoms with Crippen LogP contribution in [-0.2, 0) is 4.79 Å². The lowest BCUT2D eigenvalue weighted by atomic mass is 10.2. The van der Waals surface area contributed by atoms with Crippen LogP contribution in [0.3, 0.4) is 0 Å². The van der Waals surface area contributed by atoms with Gasteiger partial charge in [-0.05, 0) is 6.42 Å². The van der Waals surface area contributed by atoms with E-state index in [1.165, 1.54) is 0 Å². The van der Waals surface area contributed by atoms with Gasteiger partial charge in [-0.25, -0.2) is 26.7 Å². The number of carbonyl (C=O) groups is 1. The van der Waals surface area contributed by atoms with Crippen LogP contribution in [0, 0.1) is 29.1 Å². The van der Waals surface area contributed by atoms with Gasteiger partial charge in [0.25, 0.3) is 0 Å². The summed E-state index contributed by atoms with van der Waals surface area (Å²) in [4.78, 5) is 10.6. The lowest BCUT2D eigenvalue weighted by molar-refractivity contribution is -0.132. The molecule has 0 aliphatic carbocycles. The van der Waals surface area contributed by atoms with E-state index in [9.17, 15) is 26.7 Å². The Hall–Kier alpha value is -2.12. The average Bonchev–Trinajstić information content (AvgIpc) is 2.42. The molecule has 0 atom stereocenters. The molecule has 20 heavy (non-hydrogen) atoms. The molecule has 1 aromatic carbocycles. The van der Waals surface area contributed by atoms with Gasteiger partial charge < -0.3 is 10.4 Å². The van der Waals surface area contributed by atoms with E-state index >= 15 is 0 Å². The van der Waals surface area contributed by atoms with Crippen molar-refractivity contribution in [3.63, 3.8) is 0 Å². The minimum absolute atomic E-state index is 0.0543. The first-order chi connectivity index (χ1) is 9.31. The number of hydrogen-bond donors (Lipinski definition) is 2. The molecule has 2 N–H and O–H groups in total. The highest BCUT2D eigenvalue weighted by Gasteiger charge is 2.25. The zero-order valence-electron chi connectivity index (χ0n) is 10.2. The van der Waals surface area contributed by atoms with Gasteiger partial charge in [-0.2, -0.15) is 0 Å². The topological polar surface area (TPSA) is 49.3 Å². The highest BCUT2D eigenvalue weighted by Crippen LogP contribution is 2.26. The molecule has 0 radical (unpaired) electrons. The highest BCUT2D eigenvalue weighted by atomic mass is 19.2. The Kier molecular flexibility index (Phi) is 5.06. The number of benzene rings is 1. The van der Waals surface area contributed by atoms with Crippen LogP contribution < -0.4 is 5.32 Å². The van der Waals surface area contributed by atoms with E-state index in [4.69, 9.17) is 5.11 Å². The predicted octanol–water partition coefficient (Wildman–Crippen LogP) is 3.22. The first-order valence-corrected chi connectivity index (χ1v) is 5.48. The van der Waals surface area contributed by atoms with Crippen molar-refractivity contribution >= 4 is 11.7 Å². The summed E-state index contributed by atoms with van der Waals surface area (Å²) in [6.07, 6.45) is 1.23. The van der Waals surface area contributed by atoms with Gasteiger partial charge in [-0.15, -0.1) is 0 Å². The summed E-state index contributed by atoms with van der Waals surface area (Å²) in [5, 5.41) is 10.7. The van der Waals surface area contributed by atoms with Crippen molar-refractivity contribution in [1.82, 2.24) is 0 Å². The van der Waals surface area contributed by atoms with Crippen LogP contribution in [0.1, 0.15) is 13.3 Å². The van der Waals surface area contributed by atoms with E-state index in [0.717, 1.165) is 6.08 Å². The van der Waals surface area contributed by atoms with Crippen molar-refractivity contribution in [2.75, 3.05) is 11.9 Å². The van der Waals surface area contributed by atoms with E-state index in [1.54, 1.807) is 6.92 Å². The van der Waals surface area contributed by atoms with Crippen molar-refractivity contribution in [3.8, 4) is 0 Å². The minimum atomic E-state index is -2.25. The molecule has 0 saturated carbocycles. The molecule has 0 amide bonds. The van der Waals surface area contributed by atoms with Crippen molar-refractivity contribution in [3.05, 3.63) is 40.7 Å². The predicted molar refractivity (Wildman–Crippen MR) is 60.7 cm³/mol. The van der Waals surface area contributed by atoms with Crippen LogP contribution in [0.25, 0.3) is 0 Å². The van der Waals surface area contributed by atoms with Gasteiger partial charge in [0.2, 0.25) is 5.82 Å². The van der Waals surface area contributed by atoms with Crippen molar-refractivity contribution in [1.29, 1.82) is 0 Å². The van der Waals surface area contributed by atoms with Crippen LogP contribution in [0.5, 0.6) is 0 Å². The Labute approximate surface area is 110 Å². The largest absolute Gasteiger partial charge is 0.478 e. The summed E-state index contributed by atoms with van der Waals surface area (Å²) in [6, 6.07) is 0. The molecule has 0 saturated heterocycles. The quantitative estimate of drug-likeness (QED) is 0.379. The number of nitrogens with one attached hydrogen (secondary N) is 1. The van der Waals surface area contributed by atoms with Crippen LogP contribution in [0.4, 0.5) is 27.6 Å². The fourth-order valence-corrected chi connectivity index (χ4v) is 1.42. The van der Waals surface area contributed by atoms with Gasteiger partial charge in [0, 0.05) is 12.1 Å². The Morgan fingerprint density at radius 3 is 1.90 bits per heavy atom. The normalized spacial score (nSPS) is 11.6. The molecule has 8 heteroatoms. The monoisotopic (exact) mass is 295 g/mol. The van der Waals surface area contributed by atoms with Gasteiger partial charge >= 0.3 is 5.97 Å². The summed E-state index contributed by atoms with van der Waals surface area (Å²) < 4.78 is 65.0. The van der Waals surface area contributed by atoms with Crippen molar-refractivity contribution in [2.24, 2.45) is 0 Å². The van der Waals surface area contributed by atoms with Crippen LogP contribution in [-0.4, -0.2) is 17.6 Å². The lowest BCUT2D eigenvalue weighted by Gasteiger charge is -2.09. The second-order valence-electron chi connectivity index (χ2n) is 3.71. The van der Waals surface area contributed by atoms with Crippen LogP contribution in [0.15, 0.2) is 11.6 Å². The van der Waals surface area contributed by atoms with Crippen molar-refractivity contribution < 1.29 is 31.9 Å². The summed E-state index contributed by atoms with van der Waals surface area (Å²) in [5.74, 6) is -11.6. The summed E-state index contributed by atoms with van der Waals surface area (Å²) in [5.41, 5.74) is -1.25. The average molecular weight is 295 g/mol. The number of carboxylic acids is 1. The second-order valence-corrected chi connectivity index (χ2v) is 3.71. The number of aliphatic carboxylic acids is 1. The third-order valence-corrected chi connectivity index (χ3v) is 2.49. The van der Waals surface area contributed by atoms with Gasteiger partial charge in [0.15, 0.2) is 23.3 Å². The minimum Gasteiger partial charge on any atom is -0.478 e. The van der Waals surface area contributed by atoms with E-state index in [0.29, 0.717) is 0 Å². The maximum atomic E-state index is 13.2. The maximum absolute atomic E-state index is 13.2. The van der Waals surface area contributed by atoms with Gasteiger partial charge in [-0.3, -0.25) is 0 Å². The molecule has 0 aliphatic heterocycles. The van der Waals surface area contributed by atoms with Gasteiger partial charge in [0.05, 0.1) is 0 Å². The molecule has 0 unspecified atom stereocenters. The molecule has 0 aliphatic rings. The van der Waals surface area contributed by atoms with Gasteiger partial charge in [-0.1, -0.05) is 13.0 Å². The molecule has 110 valence electrons. The van der Waals surface area contributed by atoms with Crippen LogP contribution >= 0.6 is 0 Å². The molecule has 1 rings (SSSR count). The van der Waals surface area contributed by atoms with Crippen molar-refractivity contribution in [2.45, 2.75) is 13.3 Å². The number of halogens is 5. The van der Waals surface area contributed by atoms with Gasteiger partial charge in [0.1, 0.15) is 5.69 Å². The van der Waals surface area contributed by atoms with E-state index < -0.39 is 47.3 Å². The summed E-state index contributed by atoms with van der Waals surface area (Å²) in [7, 11) is 0. The Balaban J connectivity index is 3.03. The molecular formula is C12H10F5NO2. The molecular weight excluding hydrogens is 285 g/mol. The maximum Gasteiger partial charge on any atom is 0.331 e. The lowest BCUT2D eigenvalue weighted by Crippen LogP contribution is -2.11. The van der Waals surface area contributed by atoms with E-state index in [-0.39, 0.29) is 12.0 Å². The van der Waals surface area contributed by atoms with Crippen LogP contribution in [0.2, 0.25) is 0 Å². The molecule has 0 fully saturated rings. The fraction of sp³-hybridized carbons (Fsp3) is 0.250. The molecule has 3 nitrogen and oxygen atoms in total. The summed E-state index contributed by atoms with van der Waals surface area (Å²) >= 11 is 0. The molecule has 0 aromatic heterocycles.